The van der Waals surface area contributed by atoms with Crippen molar-refractivity contribution in [3.63, 3.8) is 0 Å². The Kier molecular flexibility index (Phi) is 5.32. The second-order valence-electron chi connectivity index (χ2n) is 4.58. The van der Waals surface area contributed by atoms with E-state index in [9.17, 15) is 4.79 Å². The fraction of sp³-hybridized carbons (Fsp3) is 0.500. The topological polar surface area (TPSA) is 52.3 Å². The fourth-order valence-corrected chi connectivity index (χ4v) is 1.52. The van der Waals surface area contributed by atoms with Gasteiger partial charge in [0, 0.05) is 5.92 Å². The van der Waals surface area contributed by atoms with Gasteiger partial charge >= 0.3 is 0 Å². The highest BCUT2D eigenvalue weighted by molar-refractivity contribution is 5.86. The van der Waals surface area contributed by atoms with Crippen LogP contribution in [0.3, 0.4) is 0 Å². The van der Waals surface area contributed by atoms with Crippen LogP contribution in [0.25, 0.3) is 0 Å². The van der Waals surface area contributed by atoms with Gasteiger partial charge in [0.1, 0.15) is 0 Å². The van der Waals surface area contributed by atoms with E-state index in [1.165, 1.54) is 0 Å². The summed E-state index contributed by atoms with van der Waals surface area (Å²) in [6, 6.07) is 9.32. The van der Waals surface area contributed by atoms with Crippen LogP contribution in [0.4, 0.5) is 0 Å². The van der Waals surface area contributed by atoms with Crippen LogP contribution in [-0.2, 0) is 16.1 Å². The minimum atomic E-state index is -0.543. The first-order valence-electron chi connectivity index (χ1n) is 5.97. The molecule has 0 saturated carbocycles. The molecule has 17 heavy (non-hydrogen) atoms. The Morgan fingerprint density at radius 2 is 1.82 bits per heavy atom. The van der Waals surface area contributed by atoms with Crippen molar-refractivity contribution >= 4 is 5.78 Å². The summed E-state index contributed by atoms with van der Waals surface area (Å²) >= 11 is 0. The Bertz CT molecular complexity index is 348. The normalized spacial score (nSPS) is 14.6. The monoisotopic (exact) mass is 235 g/mol. The summed E-state index contributed by atoms with van der Waals surface area (Å²) < 4.78 is 5.62. The smallest absolute Gasteiger partial charge is 0.154 e. The quantitative estimate of drug-likeness (QED) is 0.822. The number of ketones is 1. The van der Waals surface area contributed by atoms with Crippen LogP contribution in [0.5, 0.6) is 0 Å². The third-order valence-corrected chi connectivity index (χ3v) is 2.76. The van der Waals surface area contributed by atoms with Crippen LogP contribution in [0.1, 0.15) is 26.3 Å². The highest BCUT2D eigenvalue weighted by Gasteiger charge is 2.23. The predicted octanol–water partition coefficient (Wildman–Crippen LogP) is 2.14. The second-order valence-corrected chi connectivity index (χ2v) is 4.58. The Morgan fingerprint density at radius 3 is 2.35 bits per heavy atom. The third kappa shape index (κ3) is 4.29. The number of nitrogens with two attached hydrogens (primary N) is 1. The van der Waals surface area contributed by atoms with Gasteiger partial charge < -0.3 is 10.5 Å². The van der Waals surface area contributed by atoms with Gasteiger partial charge in [0.2, 0.25) is 0 Å². The van der Waals surface area contributed by atoms with Crippen molar-refractivity contribution in [2.45, 2.75) is 39.5 Å². The molecule has 0 bridgehead atoms. The molecule has 0 saturated heterocycles. The lowest BCUT2D eigenvalue weighted by Gasteiger charge is -2.21. The largest absolute Gasteiger partial charge is 0.372 e. The summed E-state index contributed by atoms with van der Waals surface area (Å²) in [6.45, 7) is 6.03. The molecule has 1 rings (SSSR count). The molecule has 0 unspecified atom stereocenters. The van der Waals surface area contributed by atoms with Crippen LogP contribution in [0.2, 0.25) is 0 Å². The molecule has 0 aromatic heterocycles. The molecule has 0 aliphatic rings. The molecule has 0 aliphatic carbocycles. The van der Waals surface area contributed by atoms with Crippen LogP contribution < -0.4 is 5.73 Å². The van der Waals surface area contributed by atoms with Crippen molar-refractivity contribution in [2.75, 3.05) is 0 Å². The summed E-state index contributed by atoms with van der Waals surface area (Å²) in [4.78, 5) is 11.7. The van der Waals surface area contributed by atoms with Crippen LogP contribution in [-0.4, -0.2) is 17.9 Å². The molecule has 94 valence electrons. The van der Waals surface area contributed by atoms with Crippen LogP contribution in [0.15, 0.2) is 30.3 Å². The van der Waals surface area contributed by atoms with Crippen molar-refractivity contribution in [3.05, 3.63) is 35.9 Å². The molecule has 0 fully saturated rings. The third-order valence-electron chi connectivity index (χ3n) is 2.76. The Morgan fingerprint density at radius 1 is 1.24 bits per heavy atom. The standard InChI is InChI=1S/C14H21NO2/c1-10(2)14(16)13(15)11(3)17-9-12-7-5-4-6-8-12/h4-8,10-11,13H,9,15H2,1-3H3/t11-,13+/m0/s1. The second kappa shape index (κ2) is 6.52. The average Bonchev–Trinajstić information content (AvgIpc) is 2.35. The van der Waals surface area contributed by atoms with E-state index in [0.717, 1.165) is 5.56 Å². The molecule has 0 heterocycles. The number of hydrogen-bond acceptors (Lipinski definition) is 3. The Balaban J connectivity index is 2.44. The molecule has 0 aliphatic heterocycles. The van der Waals surface area contributed by atoms with Gasteiger partial charge in [-0.2, -0.15) is 0 Å². The van der Waals surface area contributed by atoms with E-state index in [4.69, 9.17) is 10.5 Å². The lowest BCUT2D eigenvalue weighted by Crippen LogP contribution is -2.43. The van der Waals surface area contributed by atoms with Gasteiger partial charge in [0.25, 0.3) is 0 Å². The maximum absolute atomic E-state index is 11.7. The van der Waals surface area contributed by atoms with E-state index < -0.39 is 6.04 Å². The number of ether oxygens (including phenoxy) is 1. The highest BCUT2D eigenvalue weighted by Crippen LogP contribution is 2.08. The number of carbonyl (C=O) groups is 1. The summed E-state index contributed by atoms with van der Waals surface area (Å²) in [5.74, 6) is -0.00154. The molecule has 1 aromatic carbocycles. The van der Waals surface area contributed by atoms with Gasteiger partial charge in [-0.1, -0.05) is 44.2 Å². The first-order chi connectivity index (χ1) is 8.02. The number of benzene rings is 1. The Labute approximate surface area is 103 Å². The zero-order chi connectivity index (χ0) is 12.8. The zero-order valence-electron chi connectivity index (χ0n) is 10.7. The number of carbonyl (C=O) groups excluding carboxylic acids is 1. The van der Waals surface area contributed by atoms with Gasteiger partial charge in [-0.3, -0.25) is 4.79 Å². The minimum Gasteiger partial charge on any atom is -0.372 e. The number of hydrogen-bond donors (Lipinski definition) is 1. The minimum absolute atomic E-state index is 0.0468. The van der Waals surface area contributed by atoms with Crippen molar-refractivity contribution in [2.24, 2.45) is 11.7 Å². The number of rotatable bonds is 6. The summed E-state index contributed by atoms with van der Waals surface area (Å²) in [5.41, 5.74) is 6.94. The van der Waals surface area contributed by atoms with E-state index in [1.807, 2.05) is 51.1 Å². The van der Waals surface area contributed by atoms with Crippen molar-refractivity contribution in [1.82, 2.24) is 0 Å². The van der Waals surface area contributed by atoms with E-state index >= 15 is 0 Å². The van der Waals surface area contributed by atoms with Gasteiger partial charge in [0.15, 0.2) is 5.78 Å². The molecule has 2 atom stereocenters. The van der Waals surface area contributed by atoms with E-state index in [2.05, 4.69) is 0 Å². The molecule has 0 spiro atoms. The first-order valence-corrected chi connectivity index (χ1v) is 5.97. The molecule has 0 amide bonds. The summed E-state index contributed by atoms with van der Waals surface area (Å²) in [7, 11) is 0. The van der Waals surface area contributed by atoms with Crippen LogP contribution in [0, 0.1) is 5.92 Å². The Hall–Kier alpha value is -1.19. The lowest BCUT2D eigenvalue weighted by molar-refractivity contribution is -0.126. The van der Waals surface area contributed by atoms with Crippen LogP contribution >= 0.6 is 0 Å². The van der Waals surface area contributed by atoms with E-state index in [0.29, 0.717) is 6.61 Å². The predicted molar refractivity (Wildman–Crippen MR) is 68.5 cm³/mol. The summed E-state index contributed by atoms with van der Waals surface area (Å²) in [5, 5.41) is 0. The summed E-state index contributed by atoms with van der Waals surface area (Å²) in [6.07, 6.45) is -0.259. The molecule has 2 N–H and O–H groups in total. The lowest BCUT2D eigenvalue weighted by atomic mass is 9.99. The van der Waals surface area contributed by atoms with E-state index in [1.54, 1.807) is 0 Å². The molecule has 3 heteroatoms. The molecular weight excluding hydrogens is 214 g/mol. The van der Waals surface area contributed by atoms with Crippen molar-refractivity contribution < 1.29 is 9.53 Å². The van der Waals surface area contributed by atoms with E-state index in [-0.39, 0.29) is 17.8 Å². The molecule has 1 aromatic rings. The van der Waals surface area contributed by atoms with Gasteiger partial charge in [-0.05, 0) is 12.5 Å². The van der Waals surface area contributed by atoms with Crippen molar-refractivity contribution in [3.8, 4) is 0 Å². The molecule has 3 nitrogen and oxygen atoms in total. The van der Waals surface area contributed by atoms with Gasteiger partial charge in [0.05, 0.1) is 18.8 Å². The molecular formula is C14H21NO2. The first kappa shape index (κ1) is 13.9. The fourth-order valence-electron chi connectivity index (χ4n) is 1.52. The van der Waals surface area contributed by atoms with Gasteiger partial charge in [-0.25, -0.2) is 0 Å². The SMILES string of the molecule is CC(C)C(=O)[C@H](N)[C@H](C)OCc1ccccc1. The average molecular weight is 235 g/mol. The maximum atomic E-state index is 11.7. The van der Waals surface area contributed by atoms with Gasteiger partial charge in [-0.15, -0.1) is 0 Å². The number of Topliss-reactive ketones (excluding diaryl/α,β-unsaturated/α-hetero) is 1. The maximum Gasteiger partial charge on any atom is 0.154 e. The zero-order valence-corrected chi connectivity index (χ0v) is 10.7. The van der Waals surface area contributed by atoms with Crippen molar-refractivity contribution in [1.29, 1.82) is 0 Å². The highest BCUT2D eigenvalue weighted by atomic mass is 16.5. The molecule has 0 radical (unpaired) electrons.